The van der Waals surface area contributed by atoms with E-state index in [1.165, 1.54) is 11.6 Å². The summed E-state index contributed by atoms with van der Waals surface area (Å²) in [6.45, 7) is 5.66. The van der Waals surface area contributed by atoms with Crippen LogP contribution in [0, 0.1) is 5.82 Å². The van der Waals surface area contributed by atoms with Crippen molar-refractivity contribution in [2.75, 3.05) is 32.7 Å². The highest BCUT2D eigenvalue weighted by atomic mass is 19.1. The van der Waals surface area contributed by atoms with Crippen LogP contribution in [0.25, 0.3) is 0 Å². The van der Waals surface area contributed by atoms with Gasteiger partial charge in [-0.15, -0.1) is 0 Å². The topological polar surface area (TPSA) is 42.0 Å². The molecule has 32 heavy (non-hydrogen) atoms. The van der Waals surface area contributed by atoms with Crippen molar-refractivity contribution in [3.8, 4) is 0 Å². The summed E-state index contributed by atoms with van der Waals surface area (Å²) in [5.74, 6) is 0.874. The fourth-order valence-corrected chi connectivity index (χ4v) is 4.40. The number of hydrogen-bond acceptors (Lipinski definition) is 5. The number of benzene rings is 1. The van der Waals surface area contributed by atoms with E-state index in [2.05, 4.69) is 28.0 Å². The van der Waals surface area contributed by atoms with Crippen LogP contribution in [-0.4, -0.2) is 48.3 Å². The number of ketones is 1. The second-order valence-electron chi connectivity index (χ2n) is 8.55. The number of carbonyl (C=O) groups is 1. The molecule has 1 unspecified atom stereocenters. The van der Waals surface area contributed by atoms with E-state index in [9.17, 15) is 9.18 Å². The Morgan fingerprint density at radius 1 is 1.12 bits per heavy atom. The molecule has 0 bridgehead atoms. The highest BCUT2D eigenvalue weighted by molar-refractivity contribution is 5.83. The van der Waals surface area contributed by atoms with Crippen LogP contribution in [0.5, 0.6) is 0 Å². The first-order chi connectivity index (χ1) is 15.6. The van der Waals surface area contributed by atoms with Gasteiger partial charge >= 0.3 is 0 Å². The maximum atomic E-state index is 14.2. The van der Waals surface area contributed by atoms with E-state index in [0.29, 0.717) is 12.0 Å². The molecule has 6 heteroatoms. The van der Waals surface area contributed by atoms with E-state index in [0.717, 1.165) is 63.6 Å². The Hall–Kier alpha value is -2.86. The fraction of sp³-hybridized carbons (Fsp3) is 0.423. The van der Waals surface area contributed by atoms with Crippen LogP contribution in [0.1, 0.15) is 44.1 Å². The molecule has 0 N–H and O–H groups in total. The first kappa shape index (κ1) is 22.3. The number of rotatable bonds is 8. The van der Waals surface area contributed by atoms with Gasteiger partial charge < -0.3 is 14.4 Å². The molecular weight excluding hydrogens is 407 g/mol. The molecule has 0 saturated carbocycles. The Morgan fingerprint density at radius 3 is 2.59 bits per heavy atom. The minimum Gasteiger partial charge on any atom is -0.460 e. The van der Waals surface area contributed by atoms with Crippen molar-refractivity contribution in [2.24, 2.45) is 0 Å². The summed E-state index contributed by atoms with van der Waals surface area (Å²) in [6.07, 6.45) is 13.4. The third-order valence-electron chi connectivity index (χ3n) is 6.31. The predicted molar refractivity (Wildman–Crippen MR) is 122 cm³/mol. The number of carbonyl (C=O) groups excluding carboxylic acids is 1. The average molecular weight is 439 g/mol. The molecule has 3 aliphatic rings. The predicted octanol–water partition coefficient (Wildman–Crippen LogP) is 4.86. The van der Waals surface area contributed by atoms with Gasteiger partial charge in [-0.05, 0) is 44.4 Å². The quantitative estimate of drug-likeness (QED) is 0.580. The molecule has 2 aliphatic heterocycles. The van der Waals surface area contributed by atoms with Crippen LogP contribution in [0.4, 0.5) is 4.39 Å². The summed E-state index contributed by atoms with van der Waals surface area (Å²) >= 11 is 0. The second kappa shape index (κ2) is 10.6. The first-order valence-electron chi connectivity index (χ1n) is 11.4. The summed E-state index contributed by atoms with van der Waals surface area (Å²) in [5, 5.41) is 0. The smallest absolute Gasteiger partial charge is 0.231 e. The Morgan fingerprint density at radius 2 is 1.94 bits per heavy atom. The normalized spacial score (nSPS) is 19.9. The first-order valence-corrected chi connectivity index (χ1v) is 11.4. The maximum absolute atomic E-state index is 14.2. The van der Waals surface area contributed by atoms with Crippen molar-refractivity contribution in [1.29, 1.82) is 0 Å². The van der Waals surface area contributed by atoms with Crippen LogP contribution >= 0.6 is 0 Å². The summed E-state index contributed by atoms with van der Waals surface area (Å²) in [6, 6.07) is 6.59. The summed E-state index contributed by atoms with van der Waals surface area (Å²) < 4.78 is 25.8. The second-order valence-corrected chi connectivity index (χ2v) is 8.55. The van der Waals surface area contributed by atoms with Gasteiger partial charge in [0.05, 0.1) is 0 Å². The molecule has 1 saturated heterocycles. The molecule has 1 fully saturated rings. The molecule has 0 radical (unpaired) electrons. The van der Waals surface area contributed by atoms with Crippen molar-refractivity contribution < 1.29 is 18.7 Å². The molecule has 0 spiro atoms. The van der Waals surface area contributed by atoms with Gasteiger partial charge in [-0.2, -0.15) is 0 Å². The highest BCUT2D eigenvalue weighted by Crippen LogP contribution is 2.26. The Balaban J connectivity index is 1.23. The van der Waals surface area contributed by atoms with Crippen LogP contribution in [0.15, 0.2) is 72.2 Å². The van der Waals surface area contributed by atoms with Gasteiger partial charge in [-0.25, -0.2) is 4.39 Å². The van der Waals surface area contributed by atoms with E-state index in [1.54, 1.807) is 37.6 Å². The lowest BCUT2D eigenvalue weighted by molar-refractivity contribution is -0.118. The molecule has 0 aromatic heterocycles. The summed E-state index contributed by atoms with van der Waals surface area (Å²) in [5.41, 5.74) is 1.85. The average Bonchev–Trinajstić information content (AvgIpc) is 2.82. The number of ether oxygens (including phenoxy) is 2. The summed E-state index contributed by atoms with van der Waals surface area (Å²) in [7, 11) is 0. The van der Waals surface area contributed by atoms with Crippen LogP contribution in [-0.2, 0) is 14.3 Å². The van der Waals surface area contributed by atoms with E-state index in [-0.39, 0.29) is 11.6 Å². The number of Topliss-reactive ketones (excluding diaryl/α,β-unsaturated/α-hetero) is 1. The zero-order valence-corrected chi connectivity index (χ0v) is 18.6. The standard InChI is InChI=1S/C26H31FN2O3/c1-20(30)23(24-9-5-6-10-25(24)27)11-12-28-13-15-29(16-14-28)26-19-31-22(18-32-26)17-21-7-3-2-4-8-21/h2-3,5-7,9-10,18-19,23H,4,8,11-17H2,1H3. The lowest BCUT2D eigenvalue weighted by atomic mass is 9.91. The van der Waals surface area contributed by atoms with E-state index < -0.39 is 5.92 Å². The zero-order valence-electron chi connectivity index (χ0n) is 18.6. The van der Waals surface area contributed by atoms with Gasteiger partial charge in [-0.3, -0.25) is 9.69 Å². The highest BCUT2D eigenvalue weighted by Gasteiger charge is 2.25. The summed E-state index contributed by atoms with van der Waals surface area (Å²) in [4.78, 5) is 16.6. The molecule has 4 rings (SSSR count). The Bertz CT molecular complexity index is 942. The van der Waals surface area contributed by atoms with Crippen LogP contribution in [0.2, 0.25) is 0 Å². The van der Waals surface area contributed by atoms with Crippen LogP contribution in [0.3, 0.4) is 0 Å². The van der Waals surface area contributed by atoms with Crippen molar-refractivity contribution in [3.63, 3.8) is 0 Å². The van der Waals surface area contributed by atoms with Crippen molar-refractivity contribution >= 4 is 5.78 Å². The maximum Gasteiger partial charge on any atom is 0.231 e. The SMILES string of the molecule is CC(=O)C(CCN1CCN(C2=COC(CC3=CC=CCC3)=CO2)CC1)c1ccccc1F. The lowest BCUT2D eigenvalue weighted by Crippen LogP contribution is -2.46. The lowest BCUT2D eigenvalue weighted by Gasteiger charge is -2.37. The van der Waals surface area contributed by atoms with Gasteiger partial charge in [0.15, 0.2) is 6.26 Å². The largest absolute Gasteiger partial charge is 0.460 e. The fourth-order valence-electron chi connectivity index (χ4n) is 4.40. The van der Waals surface area contributed by atoms with Crippen molar-refractivity contribution in [2.45, 2.75) is 38.5 Å². The molecule has 1 atom stereocenters. The molecule has 2 heterocycles. The van der Waals surface area contributed by atoms with Crippen molar-refractivity contribution in [1.82, 2.24) is 9.80 Å². The van der Waals surface area contributed by atoms with E-state index in [4.69, 9.17) is 9.47 Å². The molecule has 1 aromatic rings. The molecule has 5 nitrogen and oxygen atoms in total. The Kier molecular flexibility index (Phi) is 7.43. The molecule has 170 valence electrons. The van der Waals surface area contributed by atoms with Crippen LogP contribution < -0.4 is 0 Å². The monoisotopic (exact) mass is 438 g/mol. The van der Waals surface area contributed by atoms with Crippen molar-refractivity contribution in [3.05, 3.63) is 83.6 Å². The zero-order chi connectivity index (χ0) is 22.3. The van der Waals surface area contributed by atoms with Gasteiger partial charge in [0.25, 0.3) is 0 Å². The minimum absolute atomic E-state index is 0.00856. The van der Waals surface area contributed by atoms with Gasteiger partial charge in [0.2, 0.25) is 5.88 Å². The number of halogens is 1. The third-order valence-corrected chi connectivity index (χ3v) is 6.31. The van der Waals surface area contributed by atoms with E-state index >= 15 is 0 Å². The molecule has 0 amide bonds. The number of allylic oxidation sites excluding steroid dienone is 4. The number of hydrogen-bond donors (Lipinski definition) is 0. The van der Waals surface area contributed by atoms with E-state index in [1.807, 2.05) is 0 Å². The molecular formula is C26H31FN2O3. The molecule has 1 aromatic carbocycles. The van der Waals surface area contributed by atoms with Gasteiger partial charge in [0.1, 0.15) is 23.6 Å². The van der Waals surface area contributed by atoms with Gasteiger partial charge in [-0.1, -0.05) is 42.0 Å². The third kappa shape index (κ3) is 5.68. The Labute approximate surface area is 189 Å². The number of nitrogens with zero attached hydrogens (tertiary/aromatic N) is 2. The van der Waals surface area contributed by atoms with Gasteiger partial charge in [0, 0.05) is 38.5 Å². The minimum atomic E-state index is -0.398. The molecule has 1 aliphatic carbocycles. The number of piperazine rings is 1.